The summed E-state index contributed by atoms with van der Waals surface area (Å²) in [5, 5.41) is 7.16. The number of hydrogen-bond donors (Lipinski definition) is 1. The summed E-state index contributed by atoms with van der Waals surface area (Å²) in [6.07, 6.45) is 4.30. The van der Waals surface area contributed by atoms with Gasteiger partial charge in [-0.3, -0.25) is 10.00 Å². The number of H-pyrrole nitrogens is 1. The highest BCUT2D eigenvalue weighted by Gasteiger charge is 2.29. The molecule has 0 aliphatic carbocycles. The van der Waals surface area contributed by atoms with Crippen molar-refractivity contribution in [1.82, 2.24) is 15.1 Å². The molecular weight excluding hydrogens is 230 g/mol. The molecule has 1 aromatic heterocycles. The van der Waals surface area contributed by atoms with Gasteiger partial charge in [0.25, 0.3) is 0 Å². The van der Waals surface area contributed by atoms with Crippen molar-refractivity contribution >= 4 is 0 Å². The Morgan fingerprint density at radius 1 is 1.33 bits per heavy atom. The maximum Gasteiger partial charge on any atom is 0.112 e. The van der Waals surface area contributed by atoms with E-state index in [1.54, 1.807) is 0 Å². The van der Waals surface area contributed by atoms with Crippen molar-refractivity contribution < 1.29 is 9.47 Å². The van der Waals surface area contributed by atoms with Gasteiger partial charge in [-0.15, -0.1) is 0 Å². The topological polar surface area (TPSA) is 50.4 Å². The van der Waals surface area contributed by atoms with Crippen LogP contribution in [0.2, 0.25) is 0 Å². The van der Waals surface area contributed by atoms with Gasteiger partial charge in [-0.25, -0.2) is 0 Å². The number of aryl methyl sites for hydroxylation is 1. The number of nitrogens with zero attached hydrogens (tertiary/aromatic N) is 2. The lowest BCUT2D eigenvalue weighted by Crippen LogP contribution is -2.47. The van der Waals surface area contributed by atoms with Crippen LogP contribution in [0, 0.1) is 6.92 Å². The summed E-state index contributed by atoms with van der Waals surface area (Å²) < 4.78 is 11.3. The summed E-state index contributed by atoms with van der Waals surface area (Å²) in [6.45, 7) is 6.68. The second-order valence-corrected chi connectivity index (χ2v) is 5.16. The summed E-state index contributed by atoms with van der Waals surface area (Å²) in [7, 11) is 0. The van der Waals surface area contributed by atoms with Crippen LogP contribution in [0.4, 0.5) is 0 Å². The summed E-state index contributed by atoms with van der Waals surface area (Å²) in [4.78, 5) is 2.55. The molecule has 1 atom stereocenters. The molecule has 0 unspecified atom stereocenters. The first-order valence-electron chi connectivity index (χ1n) is 6.78. The van der Waals surface area contributed by atoms with Gasteiger partial charge < -0.3 is 9.47 Å². The van der Waals surface area contributed by atoms with Gasteiger partial charge in [0.15, 0.2) is 0 Å². The van der Waals surface area contributed by atoms with Crippen LogP contribution in [0.1, 0.15) is 30.2 Å². The second kappa shape index (κ2) is 5.38. The van der Waals surface area contributed by atoms with E-state index in [1.807, 2.05) is 6.20 Å². The van der Waals surface area contributed by atoms with Crippen LogP contribution in [0.5, 0.6) is 0 Å². The van der Waals surface area contributed by atoms with Crippen LogP contribution in [0.25, 0.3) is 0 Å². The van der Waals surface area contributed by atoms with Crippen LogP contribution in [0.15, 0.2) is 6.20 Å². The molecule has 0 radical (unpaired) electrons. The molecule has 0 bridgehead atoms. The molecule has 5 heteroatoms. The van der Waals surface area contributed by atoms with E-state index in [-0.39, 0.29) is 6.10 Å². The Bertz CT molecular complexity index is 387. The van der Waals surface area contributed by atoms with Crippen LogP contribution in [-0.4, -0.2) is 54.0 Å². The third kappa shape index (κ3) is 2.43. The first-order chi connectivity index (χ1) is 8.84. The van der Waals surface area contributed by atoms with E-state index in [4.69, 9.17) is 9.47 Å². The van der Waals surface area contributed by atoms with Crippen LogP contribution < -0.4 is 0 Å². The van der Waals surface area contributed by atoms with E-state index >= 15 is 0 Å². The highest BCUT2D eigenvalue weighted by molar-refractivity contribution is 5.17. The Balaban J connectivity index is 1.66. The average molecular weight is 251 g/mol. The Hall–Kier alpha value is -0.910. The molecular formula is C13H21N3O2. The summed E-state index contributed by atoms with van der Waals surface area (Å²) in [5.74, 6) is 0. The molecule has 2 aliphatic heterocycles. The lowest BCUT2D eigenvalue weighted by atomic mass is 10.0. The molecule has 1 N–H and O–H groups in total. The largest absolute Gasteiger partial charge is 0.381 e. The lowest BCUT2D eigenvalue weighted by Gasteiger charge is -2.39. The monoisotopic (exact) mass is 251 g/mol. The van der Waals surface area contributed by atoms with Gasteiger partial charge >= 0.3 is 0 Å². The van der Waals surface area contributed by atoms with Crippen molar-refractivity contribution in [2.24, 2.45) is 0 Å². The number of ether oxygens (including phenoxy) is 2. The quantitative estimate of drug-likeness (QED) is 0.860. The number of rotatable bonds is 2. The number of aromatic amines is 1. The number of morpholine rings is 1. The normalized spacial score (nSPS) is 27.5. The Labute approximate surface area is 107 Å². The van der Waals surface area contributed by atoms with E-state index in [1.165, 1.54) is 5.56 Å². The zero-order valence-electron chi connectivity index (χ0n) is 10.9. The molecule has 3 heterocycles. The fourth-order valence-corrected chi connectivity index (χ4v) is 2.91. The first-order valence-corrected chi connectivity index (χ1v) is 6.78. The van der Waals surface area contributed by atoms with Gasteiger partial charge in [-0.2, -0.15) is 5.10 Å². The van der Waals surface area contributed by atoms with Crippen LogP contribution >= 0.6 is 0 Å². The fourth-order valence-electron chi connectivity index (χ4n) is 2.91. The van der Waals surface area contributed by atoms with Crippen molar-refractivity contribution in [3.05, 3.63) is 17.5 Å². The van der Waals surface area contributed by atoms with Crippen LogP contribution in [0.3, 0.4) is 0 Å². The molecule has 0 spiro atoms. The van der Waals surface area contributed by atoms with Crippen molar-refractivity contribution in [2.45, 2.75) is 31.9 Å². The minimum atomic E-state index is 0.143. The van der Waals surface area contributed by atoms with Gasteiger partial charge in [0.2, 0.25) is 0 Å². The SMILES string of the molecule is Cc1cn[nH]c1[C@H]1CN(C2CCOCC2)CCO1. The minimum Gasteiger partial charge on any atom is -0.381 e. The average Bonchev–Trinajstić information content (AvgIpc) is 2.86. The summed E-state index contributed by atoms with van der Waals surface area (Å²) >= 11 is 0. The molecule has 3 rings (SSSR count). The number of nitrogens with one attached hydrogen (secondary N) is 1. The maximum atomic E-state index is 5.88. The molecule has 100 valence electrons. The maximum absolute atomic E-state index is 5.88. The first kappa shape index (κ1) is 12.1. The Morgan fingerprint density at radius 2 is 2.17 bits per heavy atom. The van der Waals surface area contributed by atoms with Gasteiger partial charge in [-0.05, 0) is 25.3 Å². The molecule has 0 aromatic carbocycles. The van der Waals surface area contributed by atoms with Crippen LogP contribution in [-0.2, 0) is 9.47 Å². The van der Waals surface area contributed by atoms with Crippen molar-refractivity contribution in [3.8, 4) is 0 Å². The zero-order chi connectivity index (χ0) is 12.4. The van der Waals surface area contributed by atoms with E-state index in [0.717, 1.165) is 51.4 Å². The van der Waals surface area contributed by atoms with Crippen molar-refractivity contribution in [3.63, 3.8) is 0 Å². The van der Waals surface area contributed by atoms with E-state index in [0.29, 0.717) is 6.04 Å². The smallest absolute Gasteiger partial charge is 0.112 e. The molecule has 2 aliphatic rings. The molecule has 0 amide bonds. The zero-order valence-corrected chi connectivity index (χ0v) is 10.9. The van der Waals surface area contributed by atoms with Crippen molar-refractivity contribution in [1.29, 1.82) is 0 Å². The predicted octanol–water partition coefficient (Wildman–Crippen LogP) is 1.27. The second-order valence-electron chi connectivity index (χ2n) is 5.16. The highest BCUT2D eigenvalue weighted by Crippen LogP contribution is 2.26. The Morgan fingerprint density at radius 3 is 2.89 bits per heavy atom. The van der Waals surface area contributed by atoms with Gasteiger partial charge in [0, 0.05) is 32.3 Å². The summed E-state index contributed by atoms with van der Waals surface area (Å²) in [5.41, 5.74) is 2.32. The molecule has 2 fully saturated rings. The molecule has 2 saturated heterocycles. The minimum absolute atomic E-state index is 0.143. The lowest BCUT2D eigenvalue weighted by molar-refractivity contribution is -0.0649. The molecule has 5 nitrogen and oxygen atoms in total. The van der Waals surface area contributed by atoms with Gasteiger partial charge in [-0.1, -0.05) is 0 Å². The summed E-state index contributed by atoms with van der Waals surface area (Å²) in [6, 6.07) is 0.661. The third-order valence-electron chi connectivity index (χ3n) is 4.00. The third-order valence-corrected chi connectivity index (χ3v) is 4.00. The molecule has 1 aromatic rings. The van der Waals surface area contributed by atoms with Gasteiger partial charge in [0.05, 0.1) is 18.5 Å². The van der Waals surface area contributed by atoms with E-state index < -0.39 is 0 Å². The van der Waals surface area contributed by atoms with Crippen molar-refractivity contribution in [2.75, 3.05) is 32.9 Å². The highest BCUT2D eigenvalue weighted by atomic mass is 16.5. The van der Waals surface area contributed by atoms with E-state index in [2.05, 4.69) is 22.0 Å². The van der Waals surface area contributed by atoms with E-state index in [9.17, 15) is 0 Å². The molecule has 0 saturated carbocycles. The Kier molecular flexibility index (Phi) is 3.63. The standard InChI is InChI=1S/C13H21N3O2/c1-10-8-14-15-13(10)12-9-16(4-7-18-12)11-2-5-17-6-3-11/h8,11-12H,2-7,9H2,1H3,(H,14,15)/t12-/m1/s1. The van der Waals surface area contributed by atoms with Gasteiger partial charge in [0.1, 0.15) is 6.10 Å². The number of hydrogen-bond acceptors (Lipinski definition) is 4. The number of aromatic nitrogens is 2. The fraction of sp³-hybridized carbons (Fsp3) is 0.769. The molecule has 18 heavy (non-hydrogen) atoms. The predicted molar refractivity (Wildman–Crippen MR) is 67.4 cm³/mol.